The molecular weight excluding hydrogens is 486 g/mol. The molecule has 3 fully saturated rings. The Kier molecular flexibility index (Phi) is 8.44. The molecule has 1 aromatic carbocycles. The monoisotopic (exact) mass is 523 g/mol. The second-order valence-corrected chi connectivity index (χ2v) is 13.4. The molecule has 2 aliphatic heterocycles. The van der Waals surface area contributed by atoms with Gasteiger partial charge in [0.05, 0.1) is 11.5 Å². The van der Waals surface area contributed by atoms with Crippen molar-refractivity contribution in [3.63, 3.8) is 0 Å². The average molecular weight is 524 g/mol. The lowest BCUT2D eigenvalue weighted by molar-refractivity contribution is -0.140. The highest BCUT2D eigenvalue weighted by Crippen LogP contribution is 2.30. The van der Waals surface area contributed by atoms with Crippen molar-refractivity contribution < 1.29 is 18.0 Å². The quantitative estimate of drug-likeness (QED) is 0.608. The summed E-state index contributed by atoms with van der Waals surface area (Å²) in [6.07, 6.45) is 5.81. The third-order valence-corrected chi connectivity index (χ3v) is 9.93. The number of hydrogen-bond donors (Lipinski definition) is 1. The maximum atomic E-state index is 12.9. The predicted molar refractivity (Wildman–Crippen MR) is 139 cm³/mol. The summed E-state index contributed by atoms with van der Waals surface area (Å²) in [5, 5.41) is 3.59. The van der Waals surface area contributed by atoms with Gasteiger partial charge in [-0.3, -0.25) is 14.5 Å². The molecule has 3 aliphatic rings. The Labute approximate surface area is 214 Å². The number of rotatable bonds is 6. The van der Waals surface area contributed by atoms with E-state index >= 15 is 0 Å². The summed E-state index contributed by atoms with van der Waals surface area (Å²) in [6, 6.07) is 3.92. The van der Waals surface area contributed by atoms with Crippen LogP contribution in [0.25, 0.3) is 0 Å². The number of nitrogens with zero attached hydrogens (tertiary/aromatic N) is 2. The highest BCUT2D eigenvalue weighted by molar-refractivity contribution is 7.91. The number of benzene rings is 1. The Hall–Kier alpha value is -1.64. The van der Waals surface area contributed by atoms with E-state index in [1.165, 1.54) is 12.8 Å². The van der Waals surface area contributed by atoms with Crippen LogP contribution in [-0.2, 0) is 26.0 Å². The van der Waals surface area contributed by atoms with E-state index < -0.39 is 9.84 Å². The Morgan fingerprint density at radius 2 is 1.77 bits per heavy atom. The van der Waals surface area contributed by atoms with E-state index in [0.717, 1.165) is 43.6 Å². The van der Waals surface area contributed by atoms with Gasteiger partial charge < -0.3 is 10.2 Å². The second-order valence-electron chi connectivity index (χ2n) is 10.7. The van der Waals surface area contributed by atoms with Gasteiger partial charge in [-0.1, -0.05) is 24.4 Å². The van der Waals surface area contributed by atoms with E-state index in [2.05, 4.69) is 22.0 Å². The molecular formula is C26H38ClN3O4S. The minimum atomic E-state index is -2.93. The van der Waals surface area contributed by atoms with Crippen LogP contribution in [0.5, 0.6) is 0 Å². The lowest BCUT2D eigenvalue weighted by Crippen LogP contribution is -2.54. The fraction of sp³-hybridized carbons (Fsp3) is 0.692. The third kappa shape index (κ3) is 6.77. The highest BCUT2D eigenvalue weighted by atomic mass is 35.5. The van der Waals surface area contributed by atoms with Gasteiger partial charge in [-0.25, -0.2) is 8.42 Å². The van der Waals surface area contributed by atoms with Crippen LogP contribution >= 0.6 is 11.6 Å². The Morgan fingerprint density at radius 1 is 1.09 bits per heavy atom. The first-order valence-corrected chi connectivity index (χ1v) is 15.1. The van der Waals surface area contributed by atoms with Crippen molar-refractivity contribution in [2.24, 2.45) is 11.8 Å². The van der Waals surface area contributed by atoms with E-state index in [-0.39, 0.29) is 35.3 Å². The first kappa shape index (κ1) is 26.4. The van der Waals surface area contributed by atoms with Crippen molar-refractivity contribution in [1.82, 2.24) is 9.80 Å². The lowest BCUT2D eigenvalue weighted by Gasteiger charge is -2.41. The first-order valence-electron chi connectivity index (χ1n) is 12.9. The molecule has 2 saturated heterocycles. The normalized spacial score (nSPS) is 24.0. The number of sulfone groups is 1. The summed E-state index contributed by atoms with van der Waals surface area (Å²) in [6.45, 7) is 7.23. The minimum Gasteiger partial charge on any atom is -0.337 e. The van der Waals surface area contributed by atoms with Gasteiger partial charge in [-0.05, 0) is 68.7 Å². The van der Waals surface area contributed by atoms with Gasteiger partial charge >= 0.3 is 0 Å². The predicted octanol–water partition coefficient (Wildman–Crippen LogP) is 4.02. The summed E-state index contributed by atoms with van der Waals surface area (Å²) in [4.78, 5) is 30.0. The van der Waals surface area contributed by atoms with Crippen molar-refractivity contribution in [3.8, 4) is 0 Å². The SMILES string of the molecule is Cc1c(CN2CCN(C(=O)C3CCCC3)[C@@H](C)C2)cc(Cl)cc1NC(=O)CC1CCS(=O)(=O)CC1. The number of piperazine rings is 1. The Morgan fingerprint density at radius 3 is 2.43 bits per heavy atom. The van der Waals surface area contributed by atoms with Crippen LogP contribution in [0.3, 0.4) is 0 Å². The molecule has 1 saturated carbocycles. The van der Waals surface area contributed by atoms with Gasteiger partial charge in [-0.15, -0.1) is 0 Å². The van der Waals surface area contributed by atoms with Gasteiger partial charge in [0.2, 0.25) is 11.8 Å². The number of hydrogen-bond acceptors (Lipinski definition) is 5. The molecule has 1 aliphatic carbocycles. The molecule has 7 nitrogen and oxygen atoms in total. The molecule has 194 valence electrons. The molecule has 2 heterocycles. The summed E-state index contributed by atoms with van der Waals surface area (Å²) < 4.78 is 23.3. The van der Waals surface area contributed by atoms with Crippen LogP contribution in [0, 0.1) is 18.8 Å². The van der Waals surface area contributed by atoms with Gasteiger partial charge in [0.25, 0.3) is 0 Å². The van der Waals surface area contributed by atoms with Gasteiger partial charge in [0.1, 0.15) is 9.84 Å². The zero-order valence-electron chi connectivity index (χ0n) is 20.9. The third-order valence-electron chi connectivity index (χ3n) is 8.00. The summed E-state index contributed by atoms with van der Waals surface area (Å²) in [5.74, 6) is 0.880. The van der Waals surface area contributed by atoms with Crippen LogP contribution in [0.4, 0.5) is 5.69 Å². The van der Waals surface area contributed by atoms with E-state index in [0.29, 0.717) is 42.4 Å². The lowest BCUT2D eigenvalue weighted by atomic mass is 9.98. The summed E-state index contributed by atoms with van der Waals surface area (Å²) in [5.41, 5.74) is 2.77. The maximum Gasteiger partial charge on any atom is 0.226 e. The fourth-order valence-corrected chi connectivity index (χ4v) is 7.62. The van der Waals surface area contributed by atoms with E-state index in [1.54, 1.807) is 6.07 Å². The van der Waals surface area contributed by atoms with Crippen molar-refractivity contribution in [2.75, 3.05) is 36.5 Å². The van der Waals surface area contributed by atoms with E-state index in [1.807, 2.05) is 13.0 Å². The van der Waals surface area contributed by atoms with Gasteiger partial charge in [0, 0.05) is 55.3 Å². The van der Waals surface area contributed by atoms with Crippen LogP contribution in [0.2, 0.25) is 5.02 Å². The molecule has 9 heteroatoms. The largest absolute Gasteiger partial charge is 0.337 e. The van der Waals surface area contributed by atoms with Crippen molar-refractivity contribution in [2.45, 2.75) is 71.4 Å². The van der Waals surface area contributed by atoms with Crippen LogP contribution in [0.1, 0.15) is 63.0 Å². The van der Waals surface area contributed by atoms with Gasteiger partial charge in [-0.2, -0.15) is 0 Å². The molecule has 1 N–H and O–H groups in total. The number of anilines is 1. The average Bonchev–Trinajstić information content (AvgIpc) is 3.33. The summed E-state index contributed by atoms with van der Waals surface area (Å²) in [7, 11) is -2.93. The second kappa shape index (κ2) is 11.2. The molecule has 0 bridgehead atoms. The zero-order chi connectivity index (χ0) is 25.2. The van der Waals surface area contributed by atoms with Crippen LogP contribution in [0.15, 0.2) is 12.1 Å². The Balaban J connectivity index is 1.34. The molecule has 1 aromatic rings. The number of carbonyl (C=O) groups is 2. The van der Waals surface area contributed by atoms with Crippen molar-refractivity contribution in [1.29, 1.82) is 0 Å². The van der Waals surface area contributed by atoms with Crippen LogP contribution in [-0.4, -0.2) is 67.2 Å². The zero-order valence-corrected chi connectivity index (χ0v) is 22.5. The minimum absolute atomic E-state index is 0.0988. The topological polar surface area (TPSA) is 86.8 Å². The first-order chi connectivity index (χ1) is 16.6. The molecule has 0 unspecified atom stereocenters. The molecule has 2 amide bonds. The van der Waals surface area contributed by atoms with Crippen molar-refractivity contribution >= 4 is 38.9 Å². The fourth-order valence-electron chi connectivity index (χ4n) is 5.79. The van der Waals surface area contributed by atoms with E-state index in [4.69, 9.17) is 11.6 Å². The van der Waals surface area contributed by atoms with E-state index in [9.17, 15) is 18.0 Å². The number of halogens is 1. The smallest absolute Gasteiger partial charge is 0.226 e. The highest BCUT2D eigenvalue weighted by Gasteiger charge is 2.33. The standard InChI is InChI=1S/C26H38ClN3O4S/c1-18-16-29(9-10-30(18)26(32)21-5-3-4-6-21)17-22-14-23(27)15-24(19(22)2)28-25(31)13-20-7-11-35(33,34)12-8-20/h14-15,18,20-21H,3-13,16-17H2,1-2H3,(H,28,31)/t18-/m0/s1. The molecule has 35 heavy (non-hydrogen) atoms. The molecule has 1 atom stereocenters. The summed E-state index contributed by atoms with van der Waals surface area (Å²) >= 11 is 6.42. The number of nitrogens with one attached hydrogen (secondary N) is 1. The molecule has 4 rings (SSSR count). The van der Waals surface area contributed by atoms with Crippen LogP contribution < -0.4 is 5.32 Å². The number of carbonyl (C=O) groups excluding carboxylic acids is 2. The molecule has 0 spiro atoms. The number of amides is 2. The van der Waals surface area contributed by atoms with Gasteiger partial charge in [0.15, 0.2) is 0 Å². The Bertz CT molecular complexity index is 1040. The molecule has 0 aromatic heterocycles. The van der Waals surface area contributed by atoms with Crippen molar-refractivity contribution in [3.05, 3.63) is 28.3 Å². The maximum absolute atomic E-state index is 12.9. The molecule has 0 radical (unpaired) electrons.